The minimum Gasteiger partial charge on any atom is -0.506 e. The maximum atomic E-state index is 11.2. The van der Waals surface area contributed by atoms with Crippen LogP contribution >= 0.6 is 0 Å². The maximum Gasteiger partial charge on any atom is 0.163 e. The molecular weight excluding hydrogens is 194 g/mol. The number of fused-ring (bicyclic) bond motifs is 1. The standard InChI is InChI=1S/C11H9NO3/c1-6(13)8-5-9(14)10-7(11(8)15)3-2-4-12-10/h2-5,14-15H,1H3. The minimum atomic E-state index is -0.298. The summed E-state index contributed by atoms with van der Waals surface area (Å²) in [6.45, 7) is 1.33. The summed E-state index contributed by atoms with van der Waals surface area (Å²) >= 11 is 0. The van der Waals surface area contributed by atoms with Crippen molar-refractivity contribution in [3.63, 3.8) is 0 Å². The van der Waals surface area contributed by atoms with E-state index in [4.69, 9.17) is 0 Å². The quantitative estimate of drug-likeness (QED) is 0.548. The molecule has 0 radical (unpaired) electrons. The van der Waals surface area contributed by atoms with Gasteiger partial charge in [-0.05, 0) is 25.1 Å². The van der Waals surface area contributed by atoms with Crippen molar-refractivity contribution < 1.29 is 15.0 Å². The van der Waals surface area contributed by atoms with Crippen molar-refractivity contribution in [2.45, 2.75) is 6.92 Å². The van der Waals surface area contributed by atoms with Gasteiger partial charge >= 0.3 is 0 Å². The number of Topliss-reactive ketones (excluding diaryl/α,β-unsaturated/α-hetero) is 1. The lowest BCUT2D eigenvalue weighted by Crippen LogP contribution is -1.94. The molecule has 1 heterocycles. The summed E-state index contributed by atoms with van der Waals surface area (Å²) in [5.74, 6) is -0.537. The van der Waals surface area contributed by atoms with Gasteiger partial charge in [0.25, 0.3) is 0 Å². The molecule has 0 aliphatic carbocycles. The van der Waals surface area contributed by atoms with Crippen LogP contribution in [0.5, 0.6) is 11.5 Å². The zero-order chi connectivity index (χ0) is 11.0. The van der Waals surface area contributed by atoms with E-state index in [-0.39, 0.29) is 22.8 Å². The largest absolute Gasteiger partial charge is 0.506 e. The van der Waals surface area contributed by atoms with Gasteiger partial charge < -0.3 is 10.2 Å². The number of rotatable bonds is 1. The van der Waals surface area contributed by atoms with Crippen molar-refractivity contribution in [2.75, 3.05) is 0 Å². The van der Waals surface area contributed by atoms with Crippen LogP contribution in [0, 0.1) is 0 Å². The second-order valence-electron chi connectivity index (χ2n) is 3.25. The Kier molecular flexibility index (Phi) is 2.04. The first-order valence-corrected chi connectivity index (χ1v) is 4.42. The molecule has 4 heteroatoms. The third-order valence-corrected chi connectivity index (χ3v) is 2.22. The average Bonchev–Trinajstić information content (AvgIpc) is 2.23. The van der Waals surface area contributed by atoms with Crippen molar-refractivity contribution in [2.24, 2.45) is 0 Å². The molecule has 0 aliphatic heterocycles. The van der Waals surface area contributed by atoms with E-state index in [2.05, 4.69) is 4.98 Å². The van der Waals surface area contributed by atoms with Gasteiger partial charge in [-0.3, -0.25) is 9.78 Å². The fourth-order valence-corrected chi connectivity index (χ4v) is 1.49. The van der Waals surface area contributed by atoms with E-state index < -0.39 is 0 Å². The zero-order valence-corrected chi connectivity index (χ0v) is 8.06. The average molecular weight is 203 g/mol. The number of carbonyl (C=O) groups excluding carboxylic acids is 1. The number of nitrogens with zero attached hydrogens (tertiary/aromatic N) is 1. The lowest BCUT2D eigenvalue weighted by molar-refractivity contribution is 0.101. The number of aromatic hydroxyl groups is 2. The first-order valence-electron chi connectivity index (χ1n) is 4.42. The third-order valence-electron chi connectivity index (χ3n) is 2.22. The van der Waals surface area contributed by atoms with Gasteiger partial charge in [-0.25, -0.2) is 0 Å². The summed E-state index contributed by atoms with van der Waals surface area (Å²) in [6.07, 6.45) is 1.51. The van der Waals surface area contributed by atoms with Crippen molar-refractivity contribution >= 4 is 16.7 Å². The minimum absolute atomic E-state index is 0.103. The molecule has 0 bridgehead atoms. The van der Waals surface area contributed by atoms with Crippen LogP contribution in [-0.4, -0.2) is 21.0 Å². The Balaban J connectivity index is 2.90. The molecule has 0 saturated heterocycles. The molecule has 0 spiro atoms. The molecule has 0 atom stereocenters. The van der Waals surface area contributed by atoms with Crippen LogP contribution in [0.3, 0.4) is 0 Å². The molecule has 2 N–H and O–H groups in total. The highest BCUT2D eigenvalue weighted by atomic mass is 16.3. The van der Waals surface area contributed by atoms with E-state index in [0.717, 1.165) is 0 Å². The molecule has 4 nitrogen and oxygen atoms in total. The monoisotopic (exact) mass is 203 g/mol. The highest BCUT2D eigenvalue weighted by Crippen LogP contribution is 2.33. The van der Waals surface area contributed by atoms with E-state index in [1.807, 2.05) is 0 Å². The van der Waals surface area contributed by atoms with Gasteiger partial charge in [-0.1, -0.05) is 0 Å². The smallest absolute Gasteiger partial charge is 0.163 e. The molecule has 1 aromatic heterocycles. The van der Waals surface area contributed by atoms with Crippen molar-refractivity contribution in [3.8, 4) is 11.5 Å². The molecule has 76 valence electrons. The van der Waals surface area contributed by atoms with Crippen LogP contribution in [0.1, 0.15) is 17.3 Å². The van der Waals surface area contributed by atoms with Gasteiger partial charge in [0.1, 0.15) is 17.0 Å². The fraction of sp³-hybridized carbons (Fsp3) is 0.0909. The van der Waals surface area contributed by atoms with E-state index in [9.17, 15) is 15.0 Å². The van der Waals surface area contributed by atoms with Crippen molar-refractivity contribution in [3.05, 3.63) is 30.0 Å². The highest BCUT2D eigenvalue weighted by molar-refractivity contribution is 6.04. The second-order valence-corrected chi connectivity index (χ2v) is 3.25. The normalized spacial score (nSPS) is 10.5. The molecular formula is C11H9NO3. The topological polar surface area (TPSA) is 70.4 Å². The SMILES string of the molecule is CC(=O)c1cc(O)c2ncccc2c1O. The van der Waals surface area contributed by atoms with E-state index in [1.165, 1.54) is 19.2 Å². The van der Waals surface area contributed by atoms with Crippen LogP contribution in [0.15, 0.2) is 24.4 Å². The molecule has 2 rings (SSSR count). The summed E-state index contributed by atoms with van der Waals surface area (Å²) in [4.78, 5) is 15.1. The van der Waals surface area contributed by atoms with Gasteiger partial charge in [-0.2, -0.15) is 0 Å². The number of phenols is 2. The summed E-state index contributed by atoms with van der Waals surface area (Å²) in [5.41, 5.74) is 0.396. The van der Waals surface area contributed by atoms with E-state index in [0.29, 0.717) is 10.9 Å². The molecule has 15 heavy (non-hydrogen) atoms. The van der Waals surface area contributed by atoms with E-state index >= 15 is 0 Å². The number of hydrogen-bond donors (Lipinski definition) is 2. The van der Waals surface area contributed by atoms with Crippen LogP contribution in [-0.2, 0) is 0 Å². The number of pyridine rings is 1. The Morgan fingerprint density at radius 1 is 1.40 bits per heavy atom. The van der Waals surface area contributed by atoms with Gasteiger partial charge in [0, 0.05) is 11.6 Å². The third kappa shape index (κ3) is 1.40. The maximum absolute atomic E-state index is 11.2. The number of phenolic OH excluding ortho intramolecular Hbond substituents is 2. The molecule has 0 unspecified atom stereocenters. The molecule has 2 aromatic rings. The molecule has 0 fully saturated rings. The van der Waals surface area contributed by atoms with Gasteiger partial charge in [0.2, 0.25) is 0 Å². The summed E-state index contributed by atoms with van der Waals surface area (Å²) in [6, 6.07) is 4.46. The van der Waals surface area contributed by atoms with Crippen LogP contribution < -0.4 is 0 Å². The lowest BCUT2D eigenvalue weighted by atomic mass is 10.1. The predicted molar refractivity (Wildman–Crippen MR) is 55.1 cm³/mol. The highest BCUT2D eigenvalue weighted by Gasteiger charge is 2.14. The first kappa shape index (κ1) is 9.45. The summed E-state index contributed by atoms with van der Waals surface area (Å²) in [7, 11) is 0. The fourth-order valence-electron chi connectivity index (χ4n) is 1.49. The Labute approximate surface area is 85.8 Å². The van der Waals surface area contributed by atoms with Crippen LogP contribution in [0.25, 0.3) is 10.9 Å². The number of aromatic nitrogens is 1. The van der Waals surface area contributed by atoms with Crippen LogP contribution in [0.4, 0.5) is 0 Å². The number of ketones is 1. The summed E-state index contributed by atoms with van der Waals surface area (Å²) < 4.78 is 0. The second kappa shape index (κ2) is 3.24. The van der Waals surface area contributed by atoms with Gasteiger partial charge in [0.15, 0.2) is 5.78 Å². The van der Waals surface area contributed by atoms with Gasteiger partial charge in [0.05, 0.1) is 5.56 Å². The molecule has 0 saturated carbocycles. The molecule has 0 amide bonds. The summed E-state index contributed by atoms with van der Waals surface area (Å²) in [5, 5.41) is 19.7. The number of benzene rings is 1. The Hall–Kier alpha value is -2.10. The Bertz CT molecular complexity index is 549. The number of carbonyl (C=O) groups is 1. The first-order chi connectivity index (χ1) is 7.11. The number of hydrogen-bond acceptors (Lipinski definition) is 4. The molecule has 0 aliphatic rings. The molecule has 1 aromatic carbocycles. The Morgan fingerprint density at radius 2 is 2.13 bits per heavy atom. The van der Waals surface area contributed by atoms with Crippen molar-refractivity contribution in [1.29, 1.82) is 0 Å². The Morgan fingerprint density at radius 3 is 2.80 bits per heavy atom. The van der Waals surface area contributed by atoms with Crippen LogP contribution in [0.2, 0.25) is 0 Å². The van der Waals surface area contributed by atoms with Gasteiger partial charge in [-0.15, -0.1) is 0 Å². The van der Waals surface area contributed by atoms with Crippen molar-refractivity contribution in [1.82, 2.24) is 4.98 Å². The zero-order valence-electron chi connectivity index (χ0n) is 8.06. The predicted octanol–water partition coefficient (Wildman–Crippen LogP) is 1.85. The van der Waals surface area contributed by atoms with E-state index in [1.54, 1.807) is 12.1 Å². The lowest BCUT2D eigenvalue weighted by Gasteiger charge is -2.06.